The Bertz CT molecular complexity index is 544. The molecule has 0 aromatic rings. The van der Waals surface area contributed by atoms with E-state index in [1.807, 2.05) is 6.08 Å². The van der Waals surface area contributed by atoms with Crippen molar-refractivity contribution in [3.05, 3.63) is 22.8 Å². The Morgan fingerprint density at radius 3 is 2.86 bits per heavy atom. The Kier molecular flexibility index (Phi) is 2.98. The Balaban J connectivity index is 1.72. The molecule has 1 unspecified atom stereocenters. The summed E-state index contributed by atoms with van der Waals surface area (Å²) in [6, 6.07) is 0. The molecular weight excluding hydrogens is 260 g/mol. The van der Waals surface area contributed by atoms with E-state index in [-0.39, 0.29) is 0 Å². The zero-order valence-electron chi connectivity index (χ0n) is 13.0. The molecule has 4 atom stereocenters. The van der Waals surface area contributed by atoms with Crippen LogP contribution in [0.5, 0.6) is 0 Å². The number of aldehydes is 1. The SMILES string of the molecule is C[C@@]12CCC[C@H]1[C@@H]1CCC3=CC(O)(C=O)CCC3=C1CC2. The van der Waals surface area contributed by atoms with Crippen LogP contribution < -0.4 is 0 Å². The highest BCUT2D eigenvalue weighted by molar-refractivity contribution is 5.68. The Morgan fingerprint density at radius 1 is 1.19 bits per heavy atom. The quantitative estimate of drug-likeness (QED) is 0.741. The third-order valence-electron chi connectivity index (χ3n) is 6.96. The molecule has 0 aliphatic heterocycles. The highest BCUT2D eigenvalue weighted by atomic mass is 16.3. The third-order valence-corrected chi connectivity index (χ3v) is 6.96. The number of aliphatic hydroxyl groups is 1. The summed E-state index contributed by atoms with van der Waals surface area (Å²) in [7, 11) is 0. The molecule has 0 saturated heterocycles. The normalized spacial score (nSPS) is 45.5. The summed E-state index contributed by atoms with van der Waals surface area (Å²) in [4.78, 5) is 11.1. The number of hydrogen-bond donors (Lipinski definition) is 1. The van der Waals surface area contributed by atoms with Crippen LogP contribution in [-0.4, -0.2) is 17.0 Å². The predicted molar refractivity (Wildman–Crippen MR) is 82.8 cm³/mol. The van der Waals surface area contributed by atoms with Gasteiger partial charge in [-0.25, -0.2) is 0 Å². The summed E-state index contributed by atoms with van der Waals surface area (Å²) >= 11 is 0. The van der Waals surface area contributed by atoms with Crippen LogP contribution in [0.1, 0.15) is 64.7 Å². The smallest absolute Gasteiger partial charge is 0.155 e. The maximum absolute atomic E-state index is 11.1. The van der Waals surface area contributed by atoms with E-state index in [1.54, 1.807) is 5.57 Å². The highest BCUT2D eigenvalue weighted by Gasteiger charge is 2.49. The minimum Gasteiger partial charge on any atom is -0.378 e. The lowest BCUT2D eigenvalue weighted by Gasteiger charge is -2.48. The summed E-state index contributed by atoms with van der Waals surface area (Å²) < 4.78 is 0. The first-order chi connectivity index (χ1) is 10.0. The molecule has 0 radical (unpaired) electrons. The van der Waals surface area contributed by atoms with Crippen molar-refractivity contribution in [3.8, 4) is 0 Å². The maximum atomic E-state index is 11.1. The van der Waals surface area contributed by atoms with Gasteiger partial charge in [-0.3, -0.25) is 4.79 Å². The molecule has 2 heteroatoms. The molecule has 2 saturated carbocycles. The fraction of sp³-hybridized carbons (Fsp3) is 0.737. The number of rotatable bonds is 1. The average molecular weight is 286 g/mol. The van der Waals surface area contributed by atoms with Crippen LogP contribution >= 0.6 is 0 Å². The minimum atomic E-state index is -1.19. The Hall–Kier alpha value is -0.890. The van der Waals surface area contributed by atoms with Crippen LogP contribution in [0.3, 0.4) is 0 Å². The fourth-order valence-corrected chi connectivity index (χ4v) is 5.80. The first-order valence-electron chi connectivity index (χ1n) is 8.67. The first kappa shape index (κ1) is 13.8. The molecule has 0 aromatic heterocycles. The van der Waals surface area contributed by atoms with Crippen LogP contribution in [0.15, 0.2) is 22.8 Å². The largest absolute Gasteiger partial charge is 0.378 e. The van der Waals surface area contributed by atoms with E-state index >= 15 is 0 Å². The maximum Gasteiger partial charge on any atom is 0.155 e. The van der Waals surface area contributed by atoms with Gasteiger partial charge in [-0.15, -0.1) is 0 Å². The summed E-state index contributed by atoms with van der Waals surface area (Å²) in [5, 5.41) is 10.2. The van der Waals surface area contributed by atoms with E-state index in [4.69, 9.17) is 0 Å². The molecule has 4 aliphatic carbocycles. The lowest BCUT2D eigenvalue weighted by atomic mass is 9.57. The van der Waals surface area contributed by atoms with Gasteiger partial charge in [0.25, 0.3) is 0 Å². The van der Waals surface area contributed by atoms with Gasteiger partial charge in [0.2, 0.25) is 0 Å². The van der Waals surface area contributed by atoms with Crippen LogP contribution in [0.2, 0.25) is 0 Å². The van der Waals surface area contributed by atoms with Gasteiger partial charge in [0.05, 0.1) is 0 Å². The van der Waals surface area contributed by atoms with Gasteiger partial charge in [-0.05, 0) is 85.8 Å². The summed E-state index contributed by atoms with van der Waals surface area (Å²) in [6.07, 6.45) is 13.2. The molecule has 0 heterocycles. The van der Waals surface area contributed by atoms with Gasteiger partial charge in [0.1, 0.15) is 5.60 Å². The molecule has 4 rings (SSSR count). The van der Waals surface area contributed by atoms with Crippen LogP contribution in [0.25, 0.3) is 0 Å². The molecule has 114 valence electrons. The monoisotopic (exact) mass is 286 g/mol. The van der Waals surface area contributed by atoms with E-state index in [9.17, 15) is 9.90 Å². The second kappa shape index (κ2) is 4.55. The zero-order valence-corrected chi connectivity index (χ0v) is 13.0. The van der Waals surface area contributed by atoms with E-state index in [1.165, 1.54) is 49.7 Å². The summed E-state index contributed by atoms with van der Waals surface area (Å²) in [5.41, 5.74) is 3.90. The van der Waals surface area contributed by atoms with E-state index in [2.05, 4.69) is 6.92 Å². The van der Waals surface area contributed by atoms with Gasteiger partial charge in [0.15, 0.2) is 6.29 Å². The summed E-state index contributed by atoms with van der Waals surface area (Å²) in [5.74, 6) is 1.68. The molecule has 2 nitrogen and oxygen atoms in total. The molecule has 2 fully saturated rings. The van der Waals surface area contributed by atoms with Gasteiger partial charge in [0, 0.05) is 0 Å². The zero-order chi connectivity index (χ0) is 14.7. The van der Waals surface area contributed by atoms with Crippen molar-refractivity contribution in [3.63, 3.8) is 0 Å². The second-order valence-corrected chi connectivity index (χ2v) is 8.08. The molecule has 21 heavy (non-hydrogen) atoms. The molecule has 0 aromatic carbocycles. The van der Waals surface area contributed by atoms with Crippen molar-refractivity contribution in [1.82, 2.24) is 0 Å². The summed E-state index contributed by atoms with van der Waals surface area (Å²) in [6.45, 7) is 2.52. The number of carbonyl (C=O) groups excluding carboxylic acids is 1. The molecule has 1 N–H and O–H groups in total. The molecule has 0 bridgehead atoms. The number of carbonyl (C=O) groups is 1. The van der Waals surface area contributed by atoms with Gasteiger partial charge >= 0.3 is 0 Å². The van der Waals surface area contributed by atoms with Gasteiger partial charge < -0.3 is 5.11 Å². The number of hydrogen-bond acceptors (Lipinski definition) is 2. The van der Waals surface area contributed by atoms with Crippen molar-refractivity contribution < 1.29 is 9.90 Å². The van der Waals surface area contributed by atoms with E-state index < -0.39 is 5.60 Å². The fourth-order valence-electron chi connectivity index (χ4n) is 5.80. The number of fused-ring (bicyclic) bond motifs is 4. The molecule has 0 spiro atoms. The standard InChI is InChI=1S/C19H26O2/c1-18-8-2-3-17(18)16-5-4-13-11-19(21,12-20)10-7-14(13)15(16)6-9-18/h11-12,16-17,21H,2-10H2,1H3/t16-,17+,18+,19?/m1/s1. The highest BCUT2D eigenvalue weighted by Crippen LogP contribution is 2.60. The molecule has 4 aliphatic rings. The van der Waals surface area contributed by atoms with Gasteiger partial charge in [-0.1, -0.05) is 18.9 Å². The van der Waals surface area contributed by atoms with Crippen molar-refractivity contribution in [2.45, 2.75) is 70.3 Å². The van der Waals surface area contributed by atoms with Gasteiger partial charge in [-0.2, -0.15) is 0 Å². The topological polar surface area (TPSA) is 37.3 Å². The average Bonchev–Trinajstić information content (AvgIpc) is 2.88. The second-order valence-electron chi connectivity index (χ2n) is 8.08. The van der Waals surface area contributed by atoms with Crippen molar-refractivity contribution in [1.29, 1.82) is 0 Å². The Labute approximate surface area is 127 Å². The van der Waals surface area contributed by atoms with Crippen molar-refractivity contribution in [2.24, 2.45) is 17.3 Å². The van der Waals surface area contributed by atoms with E-state index in [0.29, 0.717) is 11.8 Å². The third kappa shape index (κ3) is 1.98. The van der Waals surface area contributed by atoms with Crippen molar-refractivity contribution >= 4 is 6.29 Å². The van der Waals surface area contributed by atoms with Crippen molar-refractivity contribution in [2.75, 3.05) is 0 Å². The van der Waals surface area contributed by atoms with Crippen LogP contribution in [0.4, 0.5) is 0 Å². The first-order valence-corrected chi connectivity index (χ1v) is 8.67. The van der Waals surface area contributed by atoms with Crippen LogP contribution in [-0.2, 0) is 4.79 Å². The van der Waals surface area contributed by atoms with Crippen LogP contribution in [0, 0.1) is 17.3 Å². The number of allylic oxidation sites excluding steroid dienone is 3. The molecular formula is C19H26O2. The predicted octanol–water partition coefficient (Wildman–Crippen LogP) is 3.94. The molecule has 0 amide bonds. The Morgan fingerprint density at radius 2 is 2.05 bits per heavy atom. The minimum absolute atomic E-state index is 0.577. The lowest BCUT2D eigenvalue weighted by molar-refractivity contribution is -0.120. The van der Waals surface area contributed by atoms with E-state index in [0.717, 1.165) is 31.0 Å². The lowest BCUT2D eigenvalue weighted by Crippen LogP contribution is -2.38.